The number of nitrogens with zero attached hydrogens (tertiary/aromatic N) is 2. The lowest BCUT2D eigenvalue weighted by Crippen LogP contribution is -2.36. The van der Waals surface area contributed by atoms with Crippen LogP contribution in [0, 0.1) is 0 Å². The average molecular weight is 295 g/mol. The summed E-state index contributed by atoms with van der Waals surface area (Å²) in [4.78, 5) is 26.8. The topological polar surface area (TPSA) is 49.9 Å². The van der Waals surface area contributed by atoms with Gasteiger partial charge in [0.15, 0.2) is 0 Å². The van der Waals surface area contributed by atoms with E-state index >= 15 is 0 Å². The molecule has 20 heavy (non-hydrogen) atoms. The third-order valence-corrected chi connectivity index (χ3v) is 3.69. The lowest BCUT2D eigenvalue weighted by molar-refractivity contribution is -0.125. The van der Waals surface area contributed by atoms with Crippen molar-refractivity contribution >= 4 is 23.5 Å². The van der Waals surface area contributed by atoms with Crippen molar-refractivity contribution in [3.63, 3.8) is 0 Å². The van der Waals surface area contributed by atoms with Gasteiger partial charge in [0.25, 0.3) is 0 Å². The molecule has 3 amide bonds. The number of imide groups is 1. The molecule has 1 heterocycles. The van der Waals surface area contributed by atoms with Gasteiger partial charge >= 0.3 is 6.03 Å². The van der Waals surface area contributed by atoms with Gasteiger partial charge in [-0.1, -0.05) is 17.7 Å². The first-order valence-corrected chi connectivity index (χ1v) is 7.02. The Bertz CT molecular complexity index is 545. The van der Waals surface area contributed by atoms with Gasteiger partial charge in [0.2, 0.25) is 5.91 Å². The van der Waals surface area contributed by atoms with Crippen LogP contribution in [0.1, 0.15) is 12.8 Å². The number of halogens is 1. The fourth-order valence-electron chi connectivity index (χ4n) is 2.26. The number of hydrogen-bond donors (Lipinski definition) is 0. The predicted molar refractivity (Wildman–Crippen MR) is 73.8 cm³/mol. The van der Waals surface area contributed by atoms with E-state index in [1.807, 2.05) is 0 Å². The predicted octanol–water partition coefficient (Wildman–Crippen LogP) is 2.15. The minimum atomic E-state index is -0.188. The molecule has 1 aliphatic carbocycles. The maximum atomic E-state index is 12.0. The second-order valence-electron chi connectivity index (χ2n) is 4.99. The molecule has 0 aromatic heterocycles. The van der Waals surface area contributed by atoms with Crippen LogP contribution in [0.25, 0.3) is 0 Å². The third kappa shape index (κ3) is 2.72. The fraction of sp³-hybridized carbons (Fsp3) is 0.429. The Hall–Kier alpha value is -1.75. The van der Waals surface area contributed by atoms with E-state index in [1.54, 1.807) is 29.2 Å². The Morgan fingerprint density at radius 1 is 1.30 bits per heavy atom. The van der Waals surface area contributed by atoms with Crippen LogP contribution in [0.15, 0.2) is 24.3 Å². The van der Waals surface area contributed by atoms with E-state index in [0.29, 0.717) is 10.8 Å². The van der Waals surface area contributed by atoms with Crippen LogP contribution in [0.2, 0.25) is 5.02 Å². The van der Waals surface area contributed by atoms with Crippen molar-refractivity contribution in [3.8, 4) is 5.75 Å². The summed E-state index contributed by atoms with van der Waals surface area (Å²) in [6.07, 6.45) is 2.01. The van der Waals surface area contributed by atoms with E-state index < -0.39 is 0 Å². The van der Waals surface area contributed by atoms with Gasteiger partial charge in [-0.05, 0) is 31.0 Å². The van der Waals surface area contributed by atoms with Gasteiger partial charge in [-0.25, -0.2) is 4.79 Å². The average Bonchev–Trinajstić information content (AvgIpc) is 3.20. The van der Waals surface area contributed by atoms with E-state index in [-0.39, 0.29) is 37.7 Å². The van der Waals surface area contributed by atoms with Gasteiger partial charge in [-0.15, -0.1) is 0 Å². The van der Waals surface area contributed by atoms with Crippen molar-refractivity contribution in [2.45, 2.75) is 18.9 Å². The Kier molecular flexibility index (Phi) is 3.53. The second kappa shape index (κ2) is 5.32. The quantitative estimate of drug-likeness (QED) is 0.782. The van der Waals surface area contributed by atoms with Crippen molar-refractivity contribution in [1.29, 1.82) is 0 Å². The van der Waals surface area contributed by atoms with E-state index in [4.69, 9.17) is 16.3 Å². The molecule has 0 bridgehead atoms. The summed E-state index contributed by atoms with van der Waals surface area (Å²) >= 11 is 5.85. The highest BCUT2D eigenvalue weighted by atomic mass is 35.5. The molecule has 2 fully saturated rings. The van der Waals surface area contributed by atoms with E-state index in [1.165, 1.54) is 4.90 Å². The van der Waals surface area contributed by atoms with Crippen molar-refractivity contribution in [2.24, 2.45) is 0 Å². The monoisotopic (exact) mass is 294 g/mol. The lowest BCUT2D eigenvalue weighted by Gasteiger charge is -2.16. The number of rotatable bonds is 5. The number of carbonyl (C=O) groups excluding carboxylic acids is 2. The standard InChI is InChI=1S/C14H15ClN2O3/c15-10-2-1-3-12(8-10)20-7-6-16-13(18)9-17(14(16)19)11-4-5-11/h1-3,8,11H,4-7,9H2. The number of carbonyl (C=O) groups is 2. The van der Waals surface area contributed by atoms with Crippen molar-refractivity contribution < 1.29 is 14.3 Å². The van der Waals surface area contributed by atoms with Crippen LogP contribution < -0.4 is 4.74 Å². The summed E-state index contributed by atoms with van der Waals surface area (Å²) < 4.78 is 5.51. The van der Waals surface area contributed by atoms with Gasteiger partial charge in [-0.3, -0.25) is 9.69 Å². The first-order valence-electron chi connectivity index (χ1n) is 6.64. The van der Waals surface area contributed by atoms with Gasteiger partial charge < -0.3 is 9.64 Å². The summed E-state index contributed by atoms with van der Waals surface area (Å²) in [6, 6.07) is 7.12. The van der Waals surface area contributed by atoms with E-state index in [0.717, 1.165) is 12.8 Å². The molecule has 1 aromatic rings. The van der Waals surface area contributed by atoms with Crippen molar-refractivity contribution in [2.75, 3.05) is 19.7 Å². The van der Waals surface area contributed by atoms with Gasteiger partial charge in [0, 0.05) is 11.1 Å². The normalized spacial score (nSPS) is 18.9. The first kappa shape index (κ1) is 13.2. The van der Waals surface area contributed by atoms with Crippen LogP contribution in [0.4, 0.5) is 4.79 Å². The Morgan fingerprint density at radius 3 is 2.80 bits per heavy atom. The zero-order valence-corrected chi connectivity index (χ0v) is 11.7. The Balaban J connectivity index is 1.53. The summed E-state index contributed by atoms with van der Waals surface area (Å²) in [5, 5.41) is 0.593. The largest absolute Gasteiger partial charge is 0.492 e. The zero-order chi connectivity index (χ0) is 14.1. The number of benzene rings is 1. The van der Waals surface area contributed by atoms with Crippen LogP contribution in [-0.4, -0.2) is 47.5 Å². The molecule has 0 N–H and O–H groups in total. The van der Waals surface area contributed by atoms with Crippen molar-refractivity contribution in [1.82, 2.24) is 9.80 Å². The molecular formula is C14H15ClN2O3. The number of amides is 3. The van der Waals surface area contributed by atoms with Gasteiger partial charge in [0.05, 0.1) is 6.54 Å². The minimum absolute atomic E-state index is 0.142. The number of hydrogen-bond acceptors (Lipinski definition) is 3. The number of urea groups is 1. The summed E-state index contributed by atoms with van der Waals surface area (Å²) in [7, 11) is 0. The summed E-state index contributed by atoms with van der Waals surface area (Å²) in [6.45, 7) is 0.754. The molecule has 0 radical (unpaired) electrons. The highest BCUT2D eigenvalue weighted by Gasteiger charge is 2.43. The molecule has 5 nitrogen and oxygen atoms in total. The fourth-order valence-corrected chi connectivity index (χ4v) is 2.44. The molecule has 1 saturated heterocycles. The maximum absolute atomic E-state index is 12.0. The van der Waals surface area contributed by atoms with Crippen molar-refractivity contribution in [3.05, 3.63) is 29.3 Å². The second-order valence-corrected chi connectivity index (χ2v) is 5.43. The molecule has 106 valence electrons. The van der Waals surface area contributed by atoms with Crippen LogP contribution in [0.5, 0.6) is 5.75 Å². The molecule has 3 rings (SSSR count). The van der Waals surface area contributed by atoms with Gasteiger partial charge in [0.1, 0.15) is 18.9 Å². The lowest BCUT2D eigenvalue weighted by atomic mass is 10.3. The molecule has 2 aliphatic rings. The maximum Gasteiger partial charge on any atom is 0.327 e. The Morgan fingerprint density at radius 2 is 2.10 bits per heavy atom. The van der Waals surface area contributed by atoms with Crippen LogP contribution in [-0.2, 0) is 4.79 Å². The highest BCUT2D eigenvalue weighted by Crippen LogP contribution is 2.30. The van der Waals surface area contributed by atoms with Gasteiger partial charge in [-0.2, -0.15) is 0 Å². The zero-order valence-electron chi connectivity index (χ0n) is 10.9. The molecule has 1 saturated carbocycles. The van der Waals surface area contributed by atoms with Crippen LogP contribution >= 0.6 is 11.6 Å². The minimum Gasteiger partial charge on any atom is -0.492 e. The summed E-state index contributed by atoms with van der Waals surface area (Å²) in [5.41, 5.74) is 0. The third-order valence-electron chi connectivity index (χ3n) is 3.45. The highest BCUT2D eigenvalue weighted by molar-refractivity contribution is 6.30. The van der Waals surface area contributed by atoms with E-state index in [2.05, 4.69) is 0 Å². The molecule has 1 aromatic carbocycles. The number of ether oxygens (including phenoxy) is 1. The van der Waals surface area contributed by atoms with Crippen LogP contribution in [0.3, 0.4) is 0 Å². The van der Waals surface area contributed by atoms with E-state index in [9.17, 15) is 9.59 Å². The first-order chi connectivity index (χ1) is 9.65. The molecule has 0 atom stereocenters. The summed E-state index contributed by atoms with van der Waals surface area (Å²) in [5.74, 6) is 0.493. The molecule has 6 heteroatoms. The molecule has 0 spiro atoms. The smallest absolute Gasteiger partial charge is 0.327 e. The Labute approximate surface area is 122 Å². The molecule has 0 unspecified atom stereocenters. The molecule has 1 aliphatic heterocycles. The molecular weight excluding hydrogens is 280 g/mol. The SMILES string of the molecule is O=C1CN(C2CC2)C(=O)N1CCOc1cccc(Cl)c1.